The van der Waals surface area contributed by atoms with E-state index in [1.165, 1.54) is 24.1 Å². The number of aromatic nitrogens is 1. The van der Waals surface area contributed by atoms with Gasteiger partial charge >= 0.3 is 0 Å². The van der Waals surface area contributed by atoms with E-state index >= 15 is 0 Å². The van der Waals surface area contributed by atoms with Crippen molar-refractivity contribution < 1.29 is 23.6 Å². The third kappa shape index (κ3) is 7.98. The highest BCUT2D eigenvalue weighted by atomic mass is 35.5. The van der Waals surface area contributed by atoms with Crippen LogP contribution in [0.4, 0.5) is 10.2 Å². The molecule has 2 aromatic carbocycles. The maximum atomic E-state index is 14.0. The van der Waals surface area contributed by atoms with Gasteiger partial charge in [0.2, 0.25) is 18.2 Å². The Kier molecular flexibility index (Phi) is 10.6. The molecule has 2 heterocycles. The molecule has 0 saturated carbocycles. The second kappa shape index (κ2) is 14.3. The second-order valence-corrected chi connectivity index (χ2v) is 10.3. The van der Waals surface area contributed by atoms with Gasteiger partial charge in [-0.3, -0.25) is 24.2 Å². The summed E-state index contributed by atoms with van der Waals surface area (Å²) in [5.74, 6) is -0.683. The standard InChI is InChI=1S/C29H34ClFN6O4/c1-20-17-35(13-12-32-20)28(40)11-10-25(37(21(2)39)34-16-24-8-5-9-26(31)29(24)30)18-41-36(19-38)27-14-22-6-3-4-7-23(22)15-33-27/h3-9,14-15,19-20,25,32,34H,10-13,16-18H2,1-2H3/t20-,25-/m0/s1. The smallest absolute Gasteiger partial charge is 0.239 e. The summed E-state index contributed by atoms with van der Waals surface area (Å²) in [4.78, 5) is 49.8. The molecule has 1 aliphatic heterocycles. The van der Waals surface area contributed by atoms with Crippen LogP contribution in [0.3, 0.4) is 0 Å². The van der Waals surface area contributed by atoms with Gasteiger partial charge in [0.25, 0.3) is 0 Å². The molecule has 1 fully saturated rings. The first-order chi connectivity index (χ1) is 19.8. The number of nitrogens with zero attached hydrogens (tertiary/aromatic N) is 4. The quantitative estimate of drug-likeness (QED) is 0.248. The molecular weight excluding hydrogens is 551 g/mol. The summed E-state index contributed by atoms with van der Waals surface area (Å²) in [6, 6.07) is 13.3. The van der Waals surface area contributed by atoms with Crippen molar-refractivity contribution in [3.63, 3.8) is 0 Å². The van der Waals surface area contributed by atoms with Crippen molar-refractivity contribution in [2.75, 3.05) is 31.3 Å². The van der Waals surface area contributed by atoms with Crippen LogP contribution in [0.25, 0.3) is 10.8 Å². The van der Waals surface area contributed by atoms with Crippen molar-refractivity contribution >= 4 is 46.4 Å². The van der Waals surface area contributed by atoms with Crippen LogP contribution in [0.2, 0.25) is 5.02 Å². The summed E-state index contributed by atoms with van der Waals surface area (Å²) in [6.07, 6.45) is 2.54. The molecule has 1 aliphatic rings. The molecule has 4 rings (SSSR count). The van der Waals surface area contributed by atoms with Gasteiger partial charge in [-0.15, -0.1) is 0 Å². The summed E-state index contributed by atoms with van der Waals surface area (Å²) in [5.41, 5.74) is 3.47. The molecule has 2 N–H and O–H groups in total. The number of anilines is 1. The van der Waals surface area contributed by atoms with Crippen LogP contribution in [-0.4, -0.2) is 71.4 Å². The van der Waals surface area contributed by atoms with Crippen LogP contribution in [0.15, 0.2) is 54.7 Å². The average molecular weight is 585 g/mol. The van der Waals surface area contributed by atoms with E-state index in [0.29, 0.717) is 31.6 Å². The molecule has 2 atom stereocenters. The Morgan fingerprint density at radius 1 is 1.27 bits per heavy atom. The van der Waals surface area contributed by atoms with Crippen LogP contribution < -0.4 is 15.8 Å². The lowest BCUT2D eigenvalue weighted by Gasteiger charge is -2.34. The lowest BCUT2D eigenvalue weighted by molar-refractivity contribution is -0.140. The number of hydrogen-bond donors (Lipinski definition) is 2. The van der Waals surface area contributed by atoms with Gasteiger partial charge in [0.15, 0.2) is 5.82 Å². The average Bonchev–Trinajstić information content (AvgIpc) is 2.97. The fraction of sp³-hybridized carbons (Fsp3) is 0.379. The molecule has 1 saturated heterocycles. The van der Waals surface area contributed by atoms with Gasteiger partial charge in [0.05, 0.1) is 17.7 Å². The van der Waals surface area contributed by atoms with Gasteiger partial charge in [0, 0.05) is 57.1 Å². The molecule has 12 heteroatoms. The third-order valence-corrected chi connectivity index (χ3v) is 7.36. The van der Waals surface area contributed by atoms with Crippen molar-refractivity contribution in [1.29, 1.82) is 0 Å². The summed E-state index contributed by atoms with van der Waals surface area (Å²) in [6.45, 7) is 5.23. The van der Waals surface area contributed by atoms with Crippen molar-refractivity contribution in [2.24, 2.45) is 0 Å². The fourth-order valence-electron chi connectivity index (χ4n) is 4.76. The zero-order valence-corrected chi connectivity index (χ0v) is 23.8. The Morgan fingerprint density at radius 3 is 2.78 bits per heavy atom. The fourth-order valence-corrected chi connectivity index (χ4v) is 4.95. The number of hydroxylamine groups is 1. The summed E-state index contributed by atoms with van der Waals surface area (Å²) in [7, 11) is 0. The number of hydrazine groups is 1. The predicted molar refractivity (Wildman–Crippen MR) is 154 cm³/mol. The summed E-state index contributed by atoms with van der Waals surface area (Å²) in [5, 5.41) is 7.39. The Labute approximate surface area is 243 Å². The number of halogens is 2. The van der Waals surface area contributed by atoms with E-state index in [4.69, 9.17) is 16.4 Å². The van der Waals surface area contributed by atoms with E-state index in [1.54, 1.807) is 23.2 Å². The monoisotopic (exact) mass is 584 g/mol. The minimum Gasteiger partial charge on any atom is -0.340 e. The SMILES string of the molecule is CC(=O)N(NCc1cccc(F)c1Cl)[C@@H](CCC(=O)N1CCN[C@@H](C)C1)CON(C=O)c1cc2ccccc2cn1. The second-order valence-electron chi connectivity index (χ2n) is 9.94. The molecular formula is C29H34ClFN6O4. The van der Waals surface area contributed by atoms with Crippen LogP contribution in [0.1, 0.15) is 32.3 Å². The number of fused-ring (bicyclic) bond motifs is 1. The molecule has 41 heavy (non-hydrogen) atoms. The summed E-state index contributed by atoms with van der Waals surface area (Å²) < 4.78 is 14.0. The number of benzene rings is 2. The zero-order chi connectivity index (χ0) is 29.4. The number of piperazine rings is 1. The molecule has 3 aromatic rings. The van der Waals surface area contributed by atoms with Gasteiger partial charge in [-0.05, 0) is 36.4 Å². The Bertz CT molecular complexity index is 1380. The van der Waals surface area contributed by atoms with Gasteiger partial charge in [-0.1, -0.05) is 48.0 Å². The van der Waals surface area contributed by atoms with Gasteiger partial charge in [0.1, 0.15) is 5.82 Å². The van der Waals surface area contributed by atoms with Crippen LogP contribution >= 0.6 is 11.6 Å². The highest BCUT2D eigenvalue weighted by Gasteiger charge is 2.27. The van der Waals surface area contributed by atoms with Crippen LogP contribution in [0.5, 0.6) is 0 Å². The van der Waals surface area contributed by atoms with Crippen molar-refractivity contribution in [2.45, 2.75) is 45.3 Å². The van der Waals surface area contributed by atoms with Crippen molar-refractivity contribution in [3.8, 4) is 0 Å². The molecule has 218 valence electrons. The normalized spacial score (nSPS) is 15.9. The highest BCUT2D eigenvalue weighted by Crippen LogP contribution is 2.21. The molecule has 0 aliphatic carbocycles. The van der Waals surface area contributed by atoms with E-state index in [1.807, 2.05) is 31.2 Å². The van der Waals surface area contributed by atoms with E-state index < -0.39 is 11.9 Å². The minimum atomic E-state index is -0.660. The molecule has 0 bridgehead atoms. The molecule has 1 aromatic heterocycles. The first kappa shape index (κ1) is 30.3. The lowest BCUT2D eigenvalue weighted by Crippen LogP contribution is -2.53. The van der Waals surface area contributed by atoms with E-state index in [2.05, 4.69) is 15.7 Å². The number of nitrogens with one attached hydrogen (secondary N) is 2. The number of hydrogen-bond acceptors (Lipinski definition) is 7. The molecule has 0 spiro atoms. The Hall–Kier alpha value is -3.64. The van der Waals surface area contributed by atoms with E-state index in [9.17, 15) is 18.8 Å². The van der Waals surface area contributed by atoms with Crippen LogP contribution in [-0.2, 0) is 25.8 Å². The number of carbonyl (C=O) groups excluding carboxylic acids is 3. The van der Waals surface area contributed by atoms with E-state index in [0.717, 1.165) is 15.8 Å². The zero-order valence-electron chi connectivity index (χ0n) is 23.1. The van der Waals surface area contributed by atoms with Gasteiger partial charge in [-0.25, -0.2) is 14.8 Å². The lowest BCUT2D eigenvalue weighted by atomic mass is 10.1. The molecule has 0 radical (unpaired) electrons. The number of rotatable bonds is 12. The largest absolute Gasteiger partial charge is 0.340 e. The molecule has 10 nitrogen and oxygen atoms in total. The Morgan fingerprint density at radius 2 is 2.05 bits per heavy atom. The summed E-state index contributed by atoms with van der Waals surface area (Å²) >= 11 is 6.12. The van der Waals surface area contributed by atoms with Gasteiger partial charge < -0.3 is 10.2 Å². The van der Waals surface area contributed by atoms with E-state index in [-0.39, 0.29) is 54.7 Å². The van der Waals surface area contributed by atoms with Crippen molar-refractivity contribution in [3.05, 3.63) is 71.1 Å². The number of pyridine rings is 1. The first-order valence-electron chi connectivity index (χ1n) is 13.5. The maximum Gasteiger partial charge on any atom is 0.239 e. The topological polar surface area (TPSA) is 107 Å². The molecule has 0 unspecified atom stereocenters. The first-order valence-corrected chi connectivity index (χ1v) is 13.8. The van der Waals surface area contributed by atoms with Crippen LogP contribution in [0, 0.1) is 5.82 Å². The predicted octanol–water partition coefficient (Wildman–Crippen LogP) is 3.44. The number of carbonyl (C=O) groups is 3. The highest BCUT2D eigenvalue weighted by molar-refractivity contribution is 6.31. The molecule has 3 amide bonds. The minimum absolute atomic E-state index is 0.0385. The van der Waals surface area contributed by atoms with Crippen molar-refractivity contribution in [1.82, 2.24) is 25.6 Å². The third-order valence-electron chi connectivity index (χ3n) is 6.93. The van der Waals surface area contributed by atoms with Gasteiger partial charge in [-0.2, -0.15) is 5.06 Å². The maximum absolute atomic E-state index is 14.0. The number of amides is 3. The Balaban J connectivity index is 1.51.